The highest BCUT2D eigenvalue weighted by atomic mass is 16.6. The molecule has 0 aromatic heterocycles. The molecule has 0 rings (SSSR count). The highest BCUT2D eigenvalue weighted by Gasteiger charge is 2.24. The lowest BCUT2D eigenvalue weighted by Crippen LogP contribution is -2.44. The molecule has 0 saturated heterocycles. The first-order chi connectivity index (χ1) is 11.0. The van der Waals surface area contributed by atoms with Crippen molar-refractivity contribution >= 4 is 12.1 Å². The van der Waals surface area contributed by atoms with Crippen LogP contribution < -0.4 is 5.32 Å². The molecule has 0 aliphatic heterocycles. The van der Waals surface area contributed by atoms with Crippen LogP contribution in [0.15, 0.2) is 0 Å². The molecule has 16 heavy (non-hydrogen) atoms. The highest BCUT2D eigenvalue weighted by Crippen LogP contribution is 2.09. The Morgan fingerprint density at radius 2 is 2.12 bits per heavy atom. The van der Waals surface area contributed by atoms with Crippen LogP contribution in [0, 0.1) is 5.89 Å². The standard InChI is InChI=1S/C11H21NO4/c1-7(2)6-8(9(13)14)12-10(15)16-11(3,4)5/h7-8H,6H2,1-5H3,(H,12,15)(H,13,14)/t8-/m0/s1/i1D3,2D3,6D2,7D,8D. The number of rotatable bonds is 4. The summed E-state index contributed by atoms with van der Waals surface area (Å²) in [5, 5.41) is 10.6. The van der Waals surface area contributed by atoms with Crippen molar-refractivity contribution in [2.45, 2.75) is 52.5 Å². The van der Waals surface area contributed by atoms with Crippen LogP contribution in [-0.2, 0) is 9.53 Å². The highest BCUT2D eigenvalue weighted by molar-refractivity contribution is 5.79. The molecule has 0 aliphatic rings. The molecule has 0 saturated carbocycles. The van der Waals surface area contributed by atoms with Crippen LogP contribution in [0.1, 0.15) is 54.6 Å². The van der Waals surface area contributed by atoms with Crippen molar-refractivity contribution in [2.75, 3.05) is 0 Å². The summed E-state index contributed by atoms with van der Waals surface area (Å²) in [7, 11) is 0. The van der Waals surface area contributed by atoms with E-state index in [4.69, 9.17) is 18.4 Å². The van der Waals surface area contributed by atoms with Gasteiger partial charge in [0.1, 0.15) is 11.6 Å². The molecule has 0 aliphatic carbocycles. The van der Waals surface area contributed by atoms with Gasteiger partial charge in [-0.15, -0.1) is 0 Å². The van der Waals surface area contributed by atoms with Crippen molar-refractivity contribution in [1.29, 1.82) is 0 Å². The Labute approximate surface area is 110 Å². The monoisotopic (exact) mass is 241 g/mol. The Morgan fingerprint density at radius 1 is 1.56 bits per heavy atom. The number of alkyl carbamates (subject to hydrolysis) is 1. The normalized spacial score (nSPS) is 27.7. The summed E-state index contributed by atoms with van der Waals surface area (Å²) >= 11 is 0. The summed E-state index contributed by atoms with van der Waals surface area (Å²) in [6, 6.07) is -3.85. The van der Waals surface area contributed by atoms with E-state index in [1.807, 2.05) is 0 Å². The van der Waals surface area contributed by atoms with Gasteiger partial charge in [-0.2, -0.15) is 0 Å². The van der Waals surface area contributed by atoms with Gasteiger partial charge in [-0.05, 0) is 33.0 Å². The van der Waals surface area contributed by atoms with Gasteiger partial charge in [0, 0.05) is 12.3 Å². The second kappa shape index (κ2) is 5.72. The first-order valence-electron chi connectivity index (χ1n) is 9.29. The predicted molar refractivity (Wildman–Crippen MR) is 60.2 cm³/mol. The molecule has 0 unspecified atom stereocenters. The van der Waals surface area contributed by atoms with Gasteiger partial charge in [0.2, 0.25) is 0 Å². The zero-order chi connectivity index (χ0) is 21.6. The Hall–Kier alpha value is -1.26. The molecule has 5 heteroatoms. The van der Waals surface area contributed by atoms with Gasteiger partial charge in [-0.3, -0.25) is 0 Å². The smallest absolute Gasteiger partial charge is 0.408 e. The van der Waals surface area contributed by atoms with Crippen LogP contribution in [0.2, 0.25) is 0 Å². The van der Waals surface area contributed by atoms with Gasteiger partial charge in [0.05, 0.1) is 1.37 Å². The second-order valence-electron chi connectivity index (χ2n) is 3.81. The summed E-state index contributed by atoms with van der Waals surface area (Å²) in [6.07, 6.45) is -5.70. The van der Waals surface area contributed by atoms with Crippen molar-refractivity contribution in [3.05, 3.63) is 0 Å². The molecule has 1 atom stereocenters. The van der Waals surface area contributed by atoms with Crippen molar-refractivity contribution in [1.82, 2.24) is 5.32 Å². The molecule has 0 aromatic carbocycles. The molecule has 94 valence electrons. The molecule has 5 nitrogen and oxygen atoms in total. The number of aliphatic carboxylic acids is 1. The van der Waals surface area contributed by atoms with Gasteiger partial charge in [-0.1, -0.05) is 13.7 Å². The Kier molecular flexibility index (Phi) is 1.77. The molecular formula is C11H21NO4. The fourth-order valence-corrected chi connectivity index (χ4v) is 0.669. The van der Waals surface area contributed by atoms with E-state index in [0.29, 0.717) is 0 Å². The molecule has 1 amide bonds. The van der Waals surface area contributed by atoms with Gasteiger partial charge in [0.25, 0.3) is 0 Å². The van der Waals surface area contributed by atoms with Crippen LogP contribution in [0.3, 0.4) is 0 Å². The minimum atomic E-state index is -4.10. The quantitative estimate of drug-likeness (QED) is 0.789. The predicted octanol–water partition coefficient (Wildman–Crippen LogP) is 2.01. The van der Waals surface area contributed by atoms with Crippen molar-refractivity contribution < 1.29 is 33.1 Å². The number of hydrogen-bond donors (Lipinski definition) is 2. The van der Waals surface area contributed by atoms with Crippen LogP contribution in [-0.4, -0.2) is 28.8 Å². The fourth-order valence-electron chi connectivity index (χ4n) is 0.669. The second-order valence-corrected chi connectivity index (χ2v) is 3.81. The number of carboxylic acids is 1. The molecule has 0 bridgehead atoms. The maximum Gasteiger partial charge on any atom is 0.408 e. The molecule has 0 fully saturated rings. The van der Waals surface area contributed by atoms with E-state index in [-0.39, 0.29) is 0 Å². The molecule has 2 N–H and O–H groups in total. The maximum absolute atomic E-state index is 11.8. The van der Waals surface area contributed by atoms with E-state index < -0.39 is 49.7 Å². The van der Waals surface area contributed by atoms with Crippen LogP contribution in [0.4, 0.5) is 4.79 Å². The number of amides is 1. The van der Waals surface area contributed by atoms with Crippen molar-refractivity contribution in [3.8, 4) is 0 Å². The Morgan fingerprint density at radius 3 is 2.50 bits per heavy atom. The summed E-state index contributed by atoms with van der Waals surface area (Å²) in [4.78, 5) is 23.3. The third kappa shape index (κ3) is 7.09. The Balaban J connectivity index is 6.43. The first kappa shape index (κ1) is 4.94. The third-order valence-corrected chi connectivity index (χ3v) is 1.09. The number of carboxylic acid groups (broad SMARTS) is 1. The van der Waals surface area contributed by atoms with Crippen LogP contribution in [0.25, 0.3) is 0 Å². The summed E-state index contributed by atoms with van der Waals surface area (Å²) in [6.45, 7) is -3.58. The number of ether oxygens (including phenoxy) is 1. The largest absolute Gasteiger partial charge is 0.480 e. The summed E-state index contributed by atoms with van der Waals surface area (Å²) < 4.78 is 79.6. The molecular weight excluding hydrogens is 210 g/mol. The molecule has 0 spiro atoms. The lowest BCUT2D eigenvalue weighted by molar-refractivity contribution is -0.139. The Bertz CT molecular complexity index is 551. The third-order valence-electron chi connectivity index (χ3n) is 1.09. The van der Waals surface area contributed by atoms with E-state index in [2.05, 4.69) is 0 Å². The molecule has 0 radical (unpaired) electrons. The van der Waals surface area contributed by atoms with Crippen LogP contribution in [0.5, 0.6) is 0 Å². The maximum atomic E-state index is 11.8. The zero-order valence-corrected chi connectivity index (χ0v) is 9.17. The lowest BCUT2D eigenvalue weighted by atomic mass is 10.0. The average Bonchev–Trinajstić information content (AvgIpc) is 2.31. The van der Waals surface area contributed by atoms with E-state index >= 15 is 0 Å². The topological polar surface area (TPSA) is 75.6 Å². The van der Waals surface area contributed by atoms with Gasteiger partial charge in [-0.25, -0.2) is 9.59 Å². The van der Waals surface area contributed by atoms with Gasteiger partial charge in [0.15, 0.2) is 0 Å². The number of hydrogen-bond acceptors (Lipinski definition) is 3. The zero-order valence-electron chi connectivity index (χ0n) is 19.2. The van der Waals surface area contributed by atoms with E-state index in [1.165, 1.54) is 26.1 Å². The van der Waals surface area contributed by atoms with Gasteiger partial charge < -0.3 is 15.2 Å². The minimum absolute atomic E-state index is 1.18. The lowest BCUT2D eigenvalue weighted by Gasteiger charge is -2.22. The van der Waals surface area contributed by atoms with Gasteiger partial charge >= 0.3 is 12.1 Å². The SMILES string of the molecule is [2H]C([2H])([2H])C([2H])(C([2H])([2H])[2H])C([2H])([2H])[C@]([2H])(NC(=O)OC(C)(C)C)C(=O)O. The van der Waals surface area contributed by atoms with Crippen molar-refractivity contribution in [2.24, 2.45) is 5.89 Å². The molecule has 0 aromatic rings. The van der Waals surface area contributed by atoms with Crippen molar-refractivity contribution in [3.63, 3.8) is 0 Å². The minimum Gasteiger partial charge on any atom is -0.480 e. The van der Waals surface area contributed by atoms with E-state index in [9.17, 15) is 14.7 Å². The van der Waals surface area contributed by atoms with E-state index in [0.717, 1.165) is 0 Å². The number of carbonyl (C=O) groups excluding carboxylic acids is 1. The molecule has 0 heterocycles. The number of nitrogens with one attached hydrogen (secondary N) is 1. The number of carbonyl (C=O) groups is 2. The fraction of sp³-hybridized carbons (Fsp3) is 0.818. The van der Waals surface area contributed by atoms with E-state index in [1.54, 1.807) is 0 Å². The summed E-state index contributed by atoms with van der Waals surface area (Å²) in [5.41, 5.74) is -1.18. The summed E-state index contributed by atoms with van der Waals surface area (Å²) in [5.74, 6) is -6.46. The van der Waals surface area contributed by atoms with Crippen LogP contribution >= 0.6 is 0 Å². The first-order valence-corrected chi connectivity index (χ1v) is 4.29. The average molecular weight is 241 g/mol.